The minimum absolute atomic E-state index is 0.0644. The van der Waals surface area contributed by atoms with Crippen molar-refractivity contribution in [2.24, 2.45) is 5.41 Å². The molecule has 4 heteroatoms. The number of carbonyl (C=O) groups excluding carboxylic acids is 1. The van der Waals surface area contributed by atoms with Crippen LogP contribution in [-0.4, -0.2) is 23.1 Å². The topological polar surface area (TPSA) is 63.6 Å². The van der Waals surface area contributed by atoms with Crippen molar-refractivity contribution in [1.82, 2.24) is 0 Å². The summed E-state index contributed by atoms with van der Waals surface area (Å²) in [5.74, 6) is 0.189. The first kappa shape index (κ1) is 10.3. The lowest BCUT2D eigenvalue weighted by Crippen LogP contribution is -2.35. The second-order valence-corrected chi connectivity index (χ2v) is 3.15. The van der Waals surface area contributed by atoms with Gasteiger partial charge in [-0.3, -0.25) is 9.59 Å². The van der Waals surface area contributed by atoms with Gasteiger partial charge in [-0.2, -0.15) is 0 Å². The first-order valence-electron chi connectivity index (χ1n) is 4.07. The van der Waals surface area contributed by atoms with Crippen molar-refractivity contribution in [3.63, 3.8) is 0 Å². The van der Waals surface area contributed by atoms with E-state index in [1.54, 1.807) is 0 Å². The van der Waals surface area contributed by atoms with Gasteiger partial charge in [-0.05, 0) is 0 Å². The molecule has 0 amide bonds. The number of ether oxygens (including phenoxy) is 1. The maximum Gasteiger partial charge on any atom is 0.325 e. The molecule has 0 aromatic rings. The van der Waals surface area contributed by atoms with Crippen molar-refractivity contribution >= 4 is 11.9 Å². The number of carboxylic acids is 1. The largest absolute Gasteiger partial charge is 0.480 e. The Morgan fingerprint density at radius 3 is 2.93 bits per heavy atom. The highest BCUT2D eigenvalue weighted by molar-refractivity contribution is 6.01. The molecule has 74 valence electrons. The van der Waals surface area contributed by atoms with Gasteiger partial charge in [-0.1, -0.05) is 12.7 Å². The van der Waals surface area contributed by atoms with E-state index in [2.05, 4.69) is 12.5 Å². The molecule has 0 aromatic heterocycles. The summed E-state index contributed by atoms with van der Waals surface area (Å²) < 4.78 is 4.81. The number of rotatable bonds is 3. The van der Waals surface area contributed by atoms with E-state index in [9.17, 15) is 9.59 Å². The second kappa shape index (κ2) is 3.54. The molecule has 1 fully saturated rings. The van der Waals surface area contributed by atoms with Crippen LogP contribution in [0.15, 0.2) is 12.7 Å². The van der Waals surface area contributed by atoms with Gasteiger partial charge in [0.2, 0.25) is 0 Å². The number of terminal acetylenes is 1. The number of hydrogen-bond donors (Lipinski definition) is 1. The predicted octanol–water partition coefficient (Wildman–Crippen LogP) is 0.582. The third kappa shape index (κ3) is 1.37. The molecule has 2 atom stereocenters. The molecule has 2 unspecified atom stereocenters. The number of aliphatic carboxylic acids is 1. The Morgan fingerprint density at radius 2 is 2.57 bits per heavy atom. The zero-order valence-electron chi connectivity index (χ0n) is 7.53. The lowest BCUT2D eigenvalue weighted by atomic mass is 9.82. The van der Waals surface area contributed by atoms with Crippen molar-refractivity contribution in [3.05, 3.63) is 12.7 Å². The molecule has 0 aliphatic carbocycles. The van der Waals surface area contributed by atoms with Crippen molar-refractivity contribution < 1.29 is 19.4 Å². The molecule has 1 rings (SSSR count). The monoisotopic (exact) mass is 194 g/mol. The van der Waals surface area contributed by atoms with Crippen LogP contribution < -0.4 is 0 Å². The van der Waals surface area contributed by atoms with E-state index in [0.717, 1.165) is 0 Å². The summed E-state index contributed by atoms with van der Waals surface area (Å²) in [6.07, 6.45) is 5.80. The summed E-state index contributed by atoms with van der Waals surface area (Å²) in [5, 5.41) is 8.95. The van der Waals surface area contributed by atoms with E-state index in [4.69, 9.17) is 16.3 Å². The Balaban J connectivity index is 3.01. The maximum absolute atomic E-state index is 11.4. The van der Waals surface area contributed by atoms with Gasteiger partial charge in [-0.15, -0.1) is 12.3 Å². The lowest BCUT2D eigenvalue weighted by molar-refractivity contribution is -0.160. The SMILES string of the molecule is C#CCC1(C(=O)O)CC(C=C)OC1=O. The van der Waals surface area contributed by atoms with Crippen molar-refractivity contribution in [2.45, 2.75) is 18.9 Å². The molecular weight excluding hydrogens is 184 g/mol. The van der Waals surface area contributed by atoms with Gasteiger partial charge in [0.25, 0.3) is 0 Å². The predicted molar refractivity (Wildman–Crippen MR) is 48.2 cm³/mol. The van der Waals surface area contributed by atoms with Crippen molar-refractivity contribution in [1.29, 1.82) is 0 Å². The number of hydrogen-bond acceptors (Lipinski definition) is 3. The van der Waals surface area contributed by atoms with Crippen LogP contribution in [-0.2, 0) is 14.3 Å². The number of cyclic esters (lactones) is 1. The van der Waals surface area contributed by atoms with E-state index >= 15 is 0 Å². The van der Waals surface area contributed by atoms with Crippen molar-refractivity contribution in [3.8, 4) is 12.3 Å². The fourth-order valence-electron chi connectivity index (χ4n) is 1.42. The standard InChI is InChI=1S/C10H10O4/c1-3-5-10(8(11)12)6-7(4-2)14-9(10)13/h1,4,7H,2,5-6H2,(H,11,12). The van der Waals surface area contributed by atoms with E-state index in [0.29, 0.717) is 0 Å². The minimum atomic E-state index is -1.58. The Bertz CT molecular complexity index is 326. The molecule has 1 aliphatic rings. The summed E-state index contributed by atoms with van der Waals surface area (Å²) in [6.45, 7) is 3.44. The van der Waals surface area contributed by atoms with Crippen LogP contribution >= 0.6 is 0 Å². The zero-order chi connectivity index (χ0) is 10.8. The summed E-state index contributed by atoms with van der Waals surface area (Å²) in [6, 6.07) is 0. The molecule has 1 aliphatic heterocycles. The molecule has 0 bridgehead atoms. The zero-order valence-corrected chi connectivity index (χ0v) is 7.53. The third-order valence-electron chi connectivity index (χ3n) is 2.27. The smallest absolute Gasteiger partial charge is 0.325 e. The Morgan fingerprint density at radius 1 is 1.93 bits per heavy atom. The molecule has 1 saturated heterocycles. The van der Waals surface area contributed by atoms with E-state index in [1.807, 2.05) is 0 Å². The maximum atomic E-state index is 11.4. The van der Waals surface area contributed by atoms with Gasteiger partial charge < -0.3 is 9.84 Å². The van der Waals surface area contributed by atoms with Crippen LogP contribution in [0.25, 0.3) is 0 Å². The Kier molecular flexibility index (Phi) is 2.61. The molecule has 0 saturated carbocycles. The number of carboxylic acid groups (broad SMARTS) is 1. The fourth-order valence-corrected chi connectivity index (χ4v) is 1.42. The quantitative estimate of drug-likeness (QED) is 0.309. The Labute approximate surface area is 81.6 Å². The summed E-state index contributed by atoms with van der Waals surface area (Å²) in [4.78, 5) is 22.3. The molecule has 14 heavy (non-hydrogen) atoms. The van der Waals surface area contributed by atoms with Crippen LogP contribution in [0.4, 0.5) is 0 Å². The average Bonchev–Trinajstić information content (AvgIpc) is 2.45. The van der Waals surface area contributed by atoms with Gasteiger partial charge in [-0.25, -0.2) is 0 Å². The molecule has 1 N–H and O–H groups in total. The first-order chi connectivity index (χ1) is 6.56. The molecule has 1 heterocycles. The molecule has 0 aromatic carbocycles. The fraction of sp³-hybridized carbons (Fsp3) is 0.400. The van der Waals surface area contributed by atoms with Gasteiger partial charge in [0.1, 0.15) is 6.10 Å². The normalized spacial score (nSPS) is 30.5. The molecule has 4 nitrogen and oxygen atoms in total. The van der Waals surface area contributed by atoms with Crippen LogP contribution in [0.5, 0.6) is 0 Å². The molecular formula is C10H10O4. The van der Waals surface area contributed by atoms with E-state index in [-0.39, 0.29) is 12.8 Å². The van der Waals surface area contributed by atoms with Crippen LogP contribution in [0.2, 0.25) is 0 Å². The summed E-state index contributed by atoms with van der Waals surface area (Å²) in [5.41, 5.74) is -1.58. The van der Waals surface area contributed by atoms with Crippen LogP contribution in [0.3, 0.4) is 0 Å². The highest BCUT2D eigenvalue weighted by Gasteiger charge is 2.54. The van der Waals surface area contributed by atoms with E-state index in [1.165, 1.54) is 6.08 Å². The first-order valence-corrected chi connectivity index (χ1v) is 4.07. The molecule has 0 radical (unpaired) electrons. The summed E-state index contributed by atoms with van der Waals surface area (Å²) >= 11 is 0. The highest BCUT2D eigenvalue weighted by atomic mass is 16.6. The van der Waals surface area contributed by atoms with Gasteiger partial charge in [0, 0.05) is 12.8 Å². The lowest BCUT2D eigenvalue weighted by Gasteiger charge is -2.15. The Hall–Kier alpha value is -1.76. The highest BCUT2D eigenvalue weighted by Crippen LogP contribution is 2.37. The van der Waals surface area contributed by atoms with E-state index < -0.39 is 23.5 Å². The minimum Gasteiger partial charge on any atom is -0.480 e. The molecule has 0 spiro atoms. The average molecular weight is 194 g/mol. The van der Waals surface area contributed by atoms with Gasteiger partial charge in [0.15, 0.2) is 5.41 Å². The van der Waals surface area contributed by atoms with Crippen LogP contribution in [0.1, 0.15) is 12.8 Å². The number of carbonyl (C=O) groups is 2. The number of esters is 1. The summed E-state index contributed by atoms with van der Waals surface area (Å²) in [7, 11) is 0. The van der Waals surface area contributed by atoms with Gasteiger partial charge >= 0.3 is 11.9 Å². The second-order valence-electron chi connectivity index (χ2n) is 3.15. The van der Waals surface area contributed by atoms with Crippen LogP contribution in [0, 0.1) is 17.8 Å². The van der Waals surface area contributed by atoms with Gasteiger partial charge in [0.05, 0.1) is 0 Å². The third-order valence-corrected chi connectivity index (χ3v) is 2.27. The van der Waals surface area contributed by atoms with Crippen molar-refractivity contribution in [2.75, 3.05) is 0 Å².